The Bertz CT molecular complexity index is 455. The number of anilines is 1. The summed E-state index contributed by atoms with van der Waals surface area (Å²) in [6.07, 6.45) is 0. The molecule has 0 bridgehead atoms. The number of nitrogens with two attached hydrogens (primary N) is 1. The fourth-order valence-corrected chi connectivity index (χ4v) is 1.44. The number of hydrogen-bond donors (Lipinski definition) is 2. The lowest BCUT2D eigenvalue weighted by molar-refractivity contribution is 0.603. The fraction of sp³-hybridized carbons (Fsp3) is 0.143. The van der Waals surface area contributed by atoms with Crippen molar-refractivity contribution in [2.24, 2.45) is 10.3 Å². The van der Waals surface area contributed by atoms with Crippen molar-refractivity contribution in [3.05, 3.63) is 28.7 Å². The van der Waals surface area contributed by atoms with Gasteiger partial charge in [-0.15, -0.1) is 4.91 Å². The largest absolute Gasteiger partial charge is 0.296 e. The van der Waals surface area contributed by atoms with E-state index in [0.29, 0.717) is 11.3 Å². The Balaban J connectivity index is 3.04. The average Bonchev–Trinajstić information content (AvgIpc) is 2.01. The quantitative estimate of drug-likeness (QED) is 0.735. The molecule has 0 saturated heterocycles. The molecule has 0 heterocycles. The highest BCUT2D eigenvalue weighted by molar-refractivity contribution is 7.90. The van der Waals surface area contributed by atoms with Gasteiger partial charge in [0.1, 0.15) is 5.69 Å². The number of hydrogen-bond acceptors (Lipinski definition) is 4. The van der Waals surface area contributed by atoms with E-state index in [2.05, 4.69) is 9.90 Å². The van der Waals surface area contributed by atoms with Gasteiger partial charge in [0.25, 0.3) is 10.2 Å². The van der Waals surface area contributed by atoms with Crippen LogP contribution in [0.4, 0.5) is 11.4 Å². The molecule has 3 N–H and O–H groups in total. The molecule has 0 spiro atoms. The first-order valence-electron chi connectivity index (χ1n) is 3.67. The van der Waals surface area contributed by atoms with E-state index in [0.717, 1.165) is 0 Å². The smallest absolute Gasteiger partial charge is 0.271 e. The van der Waals surface area contributed by atoms with Crippen molar-refractivity contribution in [2.45, 2.75) is 6.92 Å². The molecule has 0 aromatic heterocycles. The number of nitroso groups, excluding NO2 is 1. The molecule has 6 nitrogen and oxygen atoms in total. The number of rotatable bonds is 3. The van der Waals surface area contributed by atoms with Crippen molar-refractivity contribution in [1.82, 2.24) is 0 Å². The van der Waals surface area contributed by atoms with Crippen LogP contribution in [0.15, 0.2) is 23.4 Å². The van der Waals surface area contributed by atoms with Crippen molar-refractivity contribution in [1.29, 1.82) is 0 Å². The van der Waals surface area contributed by atoms with Crippen LogP contribution in [0.1, 0.15) is 5.56 Å². The van der Waals surface area contributed by atoms with Crippen molar-refractivity contribution in [3.8, 4) is 0 Å². The number of nitrogens with one attached hydrogen (secondary N) is 1. The van der Waals surface area contributed by atoms with E-state index < -0.39 is 10.2 Å². The van der Waals surface area contributed by atoms with Crippen LogP contribution in [0.5, 0.6) is 0 Å². The summed E-state index contributed by atoms with van der Waals surface area (Å²) in [5.74, 6) is 0. The molecule has 0 aliphatic rings. The van der Waals surface area contributed by atoms with Crippen molar-refractivity contribution < 1.29 is 8.42 Å². The third-order valence-corrected chi connectivity index (χ3v) is 2.08. The summed E-state index contributed by atoms with van der Waals surface area (Å²) >= 11 is 0. The van der Waals surface area contributed by atoms with Gasteiger partial charge in [0.2, 0.25) is 0 Å². The maximum atomic E-state index is 10.6. The van der Waals surface area contributed by atoms with E-state index in [-0.39, 0.29) is 5.69 Å². The first-order chi connectivity index (χ1) is 6.42. The number of benzene rings is 1. The van der Waals surface area contributed by atoms with Gasteiger partial charge in [-0.1, -0.05) is 0 Å². The van der Waals surface area contributed by atoms with Crippen LogP contribution in [0, 0.1) is 11.8 Å². The molecule has 0 amide bonds. The van der Waals surface area contributed by atoms with E-state index in [4.69, 9.17) is 5.14 Å². The van der Waals surface area contributed by atoms with Crippen LogP contribution in [0.3, 0.4) is 0 Å². The Kier molecular flexibility index (Phi) is 2.82. The van der Waals surface area contributed by atoms with E-state index in [1.54, 1.807) is 6.92 Å². The number of nitrogens with zero attached hydrogens (tertiary/aromatic N) is 1. The molecule has 1 aromatic rings. The highest BCUT2D eigenvalue weighted by atomic mass is 32.2. The maximum absolute atomic E-state index is 10.6. The summed E-state index contributed by atoms with van der Waals surface area (Å²) in [6.45, 7) is 1.64. The highest BCUT2D eigenvalue weighted by Crippen LogP contribution is 2.21. The van der Waals surface area contributed by atoms with E-state index in [1.165, 1.54) is 18.2 Å². The van der Waals surface area contributed by atoms with Crippen LogP contribution < -0.4 is 9.86 Å². The molecule has 0 radical (unpaired) electrons. The minimum absolute atomic E-state index is 0.268. The van der Waals surface area contributed by atoms with E-state index in [1.807, 2.05) is 0 Å². The van der Waals surface area contributed by atoms with Crippen LogP contribution in [0.2, 0.25) is 0 Å². The maximum Gasteiger partial charge on any atom is 0.296 e. The van der Waals surface area contributed by atoms with Crippen LogP contribution in [0.25, 0.3) is 0 Å². The fourth-order valence-electron chi connectivity index (χ4n) is 0.986. The molecule has 0 unspecified atom stereocenters. The minimum atomic E-state index is -3.77. The van der Waals surface area contributed by atoms with Crippen LogP contribution >= 0.6 is 0 Å². The van der Waals surface area contributed by atoms with Gasteiger partial charge in [0, 0.05) is 0 Å². The average molecular weight is 215 g/mol. The third kappa shape index (κ3) is 2.79. The van der Waals surface area contributed by atoms with Gasteiger partial charge >= 0.3 is 0 Å². The molecular weight excluding hydrogens is 206 g/mol. The predicted octanol–water partition coefficient (Wildman–Crippen LogP) is 1.01. The van der Waals surface area contributed by atoms with Crippen molar-refractivity contribution in [2.75, 3.05) is 4.72 Å². The summed E-state index contributed by atoms with van der Waals surface area (Å²) < 4.78 is 23.4. The lowest BCUT2D eigenvalue weighted by atomic mass is 10.2. The molecule has 0 saturated carbocycles. The van der Waals surface area contributed by atoms with Crippen molar-refractivity contribution in [3.63, 3.8) is 0 Å². The summed E-state index contributed by atoms with van der Waals surface area (Å²) in [5, 5.41) is 7.51. The van der Waals surface area contributed by atoms with Gasteiger partial charge in [-0.05, 0) is 35.9 Å². The first kappa shape index (κ1) is 10.6. The monoisotopic (exact) mass is 215 g/mol. The molecule has 0 aliphatic heterocycles. The lowest BCUT2D eigenvalue weighted by Gasteiger charge is -2.04. The Hall–Kier alpha value is -1.47. The second kappa shape index (κ2) is 3.72. The normalized spacial score (nSPS) is 11.0. The van der Waals surface area contributed by atoms with Gasteiger partial charge < -0.3 is 0 Å². The Morgan fingerprint density at radius 3 is 2.50 bits per heavy atom. The van der Waals surface area contributed by atoms with Gasteiger partial charge in [0.15, 0.2) is 0 Å². The van der Waals surface area contributed by atoms with Crippen LogP contribution in [-0.4, -0.2) is 8.42 Å². The lowest BCUT2D eigenvalue weighted by Crippen LogP contribution is -2.21. The summed E-state index contributed by atoms with van der Waals surface area (Å²) in [4.78, 5) is 10.2. The third-order valence-electron chi connectivity index (χ3n) is 1.56. The molecule has 0 atom stereocenters. The Labute approximate surface area is 81.3 Å². The predicted molar refractivity (Wildman–Crippen MR) is 53.4 cm³/mol. The molecule has 14 heavy (non-hydrogen) atoms. The zero-order valence-corrected chi connectivity index (χ0v) is 8.21. The summed E-state index contributed by atoms with van der Waals surface area (Å²) in [6, 6.07) is 4.30. The minimum Gasteiger partial charge on any atom is -0.271 e. The van der Waals surface area contributed by atoms with Gasteiger partial charge in [0.05, 0.1) is 5.69 Å². The van der Waals surface area contributed by atoms with Gasteiger partial charge in [-0.2, -0.15) is 8.42 Å². The summed E-state index contributed by atoms with van der Waals surface area (Å²) in [7, 11) is -3.77. The molecule has 1 aromatic carbocycles. The van der Waals surface area contributed by atoms with Gasteiger partial charge in [-0.25, -0.2) is 5.14 Å². The second-order valence-electron chi connectivity index (χ2n) is 2.74. The number of aryl methyl sites for hydroxylation is 1. The zero-order valence-electron chi connectivity index (χ0n) is 7.39. The molecule has 7 heteroatoms. The molecule has 0 aliphatic carbocycles. The second-order valence-corrected chi connectivity index (χ2v) is 4.03. The van der Waals surface area contributed by atoms with Crippen LogP contribution in [-0.2, 0) is 10.2 Å². The van der Waals surface area contributed by atoms with Crippen molar-refractivity contribution >= 4 is 21.6 Å². The SMILES string of the molecule is Cc1cc(NS(N)(=O)=O)ccc1N=O. The highest BCUT2D eigenvalue weighted by Gasteiger charge is 2.04. The standard InChI is InChI=1S/C7H9N3O3S/c1-5-4-6(10-14(8,12)13)2-3-7(5)9-11/h2-4,10H,1H3,(H2,8,12,13). The molecule has 1 rings (SSSR count). The Morgan fingerprint density at radius 1 is 1.43 bits per heavy atom. The van der Waals surface area contributed by atoms with E-state index in [9.17, 15) is 13.3 Å². The van der Waals surface area contributed by atoms with Gasteiger partial charge in [-0.3, -0.25) is 4.72 Å². The summed E-state index contributed by atoms with van der Waals surface area (Å²) in [5.41, 5.74) is 1.15. The molecule has 76 valence electrons. The molecular formula is C7H9N3O3S. The molecule has 0 fully saturated rings. The zero-order chi connectivity index (χ0) is 10.8. The Morgan fingerprint density at radius 2 is 2.07 bits per heavy atom. The topological polar surface area (TPSA) is 102 Å². The first-order valence-corrected chi connectivity index (χ1v) is 5.21. The van der Waals surface area contributed by atoms with E-state index >= 15 is 0 Å².